The van der Waals surface area contributed by atoms with Gasteiger partial charge in [-0.2, -0.15) is 0 Å². The predicted molar refractivity (Wildman–Crippen MR) is 129 cm³/mol. The molecule has 12 nitrogen and oxygen atoms in total. The molecule has 6 atom stereocenters. The molecule has 3 aliphatic carbocycles. The molecule has 37 heavy (non-hydrogen) atoms. The van der Waals surface area contributed by atoms with E-state index in [2.05, 4.69) is 0 Å². The first-order valence-electron chi connectivity index (χ1n) is 11.7. The highest BCUT2D eigenvalue weighted by atomic mass is 16.5. The zero-order valence-electron chi connectivity index (χ0n) is 20.7. The number of hydrogen-bond acceptors (Lipinski definition) is 11. The Morgan fingerprint density at radius 2 is 1.78 bits per heavy atom. The number of aliphatic hydroxyl groups is 3. The molecule has 1 saturated carbocycles. The summed E-state index contributed by atoms with van der Waals surface area (Å²) in [6, 6.07) is 1.54. The maximum Gasteiger partial charge on any atom is 0.305 e. The number of primary amides is 1. The molecule has 1 aromatic carbocycles. The van der Waals surface area contributed by atoms with Crippen molar-refractivity contribution in [3.05, 3.63) is 40.2 Å². The number of ketones is 2. The van der Waals surface area contributed by atoms with Crippen molar-refractivity contribution in [3.8, 4) is 5.75 Å². The number of esters is 1. The number of phenols is 1. The third-order valence-electron chi connectivity index (χ3n) is 7.69. The monoisotopic (exact) mass is 515 g/mol. The van der Waals surface area contributed by atoms with E-state index in [1.54, 1.807) is 13.0 Å². The number of rotatable bonds is 4. The van der Waals surface area contributed by atoms with Gasteiger partial charge in [0.1, 0.15) is 28.9 Å². The van der Waals surface area contributed by atoms with Crippen LogP contribution in [0.2, 0.25) is 0 Å². The summed E-state index contributed by atoms with van der Waals surface area (Å²) in [6.45, 7) is 3.19. The summed E-state index contributed by atoms with van der Waals surface area (Å²) in [5.41, 5.74) is 6.91. The molecule has 8 N–H and O–H groups in total. The van der Waals surface area contributed by atoms with Gasteiger partial charge >= 0.3 is 5.97 Å². The minimum Gasteiger partial charge on any atom is -0.508 e. The summed E-state index contributed by atoms with van der Waals surface area (Å²) in [5, 5.41) is 44.8. The number of amides is 1. The van der Waals surface area contributed by atoms with Crippen LogP contribution in [-0.2, 0) is 23.9 Å². The van der Waals surface area contributed by atoms with Crippen LogP contribution in [0.1, 0.15) is 37.3 Å². The van der Waals surface area contributed by atoms with Gasteiger partial charge in [-0.1, -0.05) is 19.9 Å². The molecular weight excluding hydrogens is 486 g/mol. The number of phenolic OH excluding ortho intramolecular Hbond substituents is 1. The average molecular weight is 516 g/mol. The van der Waals surface area contributed by atoms with E-state index in [4.69, 9.17) is 16.2 Å². The number of anilines is 1. The summed E-state index contributed by atoms with van der Waals surface area (Å²) in [6.07, 6.45) is -1.52. The van der Waals surface area contributed by atoms with Gasteiger partial charge < -0.3 is 36.6 Å². The van der Waals surface area contributed by atoms with Crippen molar-refractivity contribution in [1.29, 1.82) is 0 Å². The molecule has 1 aromatic rings. The van der Waals surface area contributed by atoms with Crippen molar-refractivity contribution in [2.45, 2.75) is 43.9 Å². The Morgan fingerprint density at radius 3 is 2.32 bits per heavy atom. The Balaban J connectivity index is 2.12. The normalized spacial score (nSPS) is 31.1. The highest BCUT2D eigenvalue weighted by Gasteiger charge is 2.69. The molecule has 0 heterocycles. The van der Waals surface area contributed by atoms with Crippen molar-refractivity contribution in [3.63, 3.8) is 0 Å². The number of aliphatic hydroxyl groups excluding tert-OH is 2. The van der Waals surface area contributed by atoms with Crippen molar-refractivity contribution >= 4 is 34.9 Å². The van der Waals surface area contributed by atoms with E-state index in [9.17, 15) is 39.6 Å². The first-order valence-corrected chi connectivity index (χ1v) is 11.7. The first-order chi connectivity index (χ1) is 17.2. The third kappa shape index (κ3) is 3.36. The topological polar surface area (TPSA) is 214 Å². The second kappa shape index (κ2) is 8.60. The summed E-state index contributed by atoms with van der Waals surface area (Å²) in [5.74, 6) is -10.2. The highest BCUT2D eigenvalue weighted by Crippen LogP contribution is 2.57. The van der Waals surface area contributed by atoms with Crippen LogP contribution in [0.4, 0.5) is 5.69 Å². The summed E-state index contributed by atoms with van der Waals surface area (Å²) in [7, 11) is 2.91. The second-order valence-corrected chi connectivity index (χ2v) is 9.83. The van der Waals surface area contributed by atoms with E-state index in [0.29, 0.717) is 5.56 Å². The minimum atomic E-state index is -2.97. The fraction of sp³-hybridized carbons (Fsp3) is 0.440. The number of carbonyl (C=O) groups excluding carboxylic acids is 4. The van der Waals surface area contributed by atoms with E-state index in [0.717, 1.165) is 0 Å². The maximum absolute atomic E-state index is 14.0. The summed E-state index contributed by atoms with van der Waals surface area (Å²) in [4.78, 5) is 53.5. The van der Waals surface area contributed by atoms with E-state index >= 15 is 0 Å². The molecule has 0 radical (unpaired) electrons. The molecule has 0 bridgehead atoms. The Labute approximate surface area is 211 Å². The van der Waals surface area contributed by atoms with Crippen LogP contribution >= 0.6 is 0 Å². The average Bonchev–Trinajstić information content (AvgIpc) is 2.82. The molecule has 1 amide bonds. The number of ether oxygens (including phenoxy) is 1. The second-order valence-electron chi connectivity index (χ2n) is 9.83. The van der Waals surface area contributed by atoms with E-state index < -0.39 is 87.4 Å². The fourth-order valence-electron chi connectivity index (χ4n) is 5.98. The molecule has 0 aromatic heterocycles. The number of benzene rings is 1. The van der Waals surface area contributed by atoms with Crippen LogP contribution in [0.15, 0.2) is 29.0 Å². The van der Waals surface area contributed by atoms with E-state index in [1.807, 2.05) is 0 Å². The SMILES string of the molecule is CCC(=O)O[C@@H]1[C@@H]2C(=C(O)c3c(ccc(N)c3O)[C@H]2C)C(=O)[C@@]2(O)C(O)=C(C(N)=O)C(=O)[C@H](N(C)C)[C@@H]12. The number of aromatic hydroxyl groups is 1. The number of hydrogen-bond donors (Lipinski definition) is 6. The van der Waals surface area contributed by atoms with Gasteiger partial charge in [0.15, 0.2) is 11.4 Å². The largest absolute Gasteiger partial charge is 0.508 e. The lowest BCUT2D eigenvalue weighted by molar-refractivity contribution is -0.185. The molecule has 3 aliphatic rings. The number of carbonyl (C=O) groups is 4. The van der Waals surface area contributed by atoms with Crippen molar-refractivity contribution in [2.75, 3.05) is 19.8 Å². The predicted octanol–water partition coefficient (Wildman–Crippen LogP) is 0.0389. The third-order valence-corrected chi connectivity index (χ3v) is 7.69. The molecule has 0 unspecified atom stereocenters. The summed E-state index contributed by atoms with van der Waals surface area (Å²) >= 11 is 0. The van der Waals surface area contributed by atoms with Gasteiger partial charge in [0, 0.05) is 17.9 Å². The van der Waals surface area contributed by atoms with Crippen LogP contribution in [-0.4, -0.2) is 80.6 Å². The lowest BCUT2D eigenvalue weighted by atomic mass is 9.54. The number of Topliss-reactive ketones (excluding diaryl/α,β-unsaturated/α-hetero) is 2. The van der Waals surface area contributed by atoms with E-state index in [-0.39, 0.29) is 17.7 Å². The van der Waals surface area contributed by atoms with Gasteiger partial charge in [-0.05, 0) is 31.6 Å². The molecular formula is C25H29N3O9. The van der Waals surface area contributed by atoms with Gasteiger partial charge in [-0.3, -0.25) is 24.1 Å². The highest BCUT2D eigenvalue weighted by molar-refractivity contribution is 6.24. The number of nitrogens with zero attached hydrogens (tertiary/aromatic N) is 1. The van der Waals surface area contributed by atoms with Crippen molar-refractivity contribution < 1.29 is 44.3 Å². The molecule has 1 fully saturated rings. The molecule has 0 spiro atoms. The van der Waals surface area contributed by atoms with Crippen LogP contribution in [0.25, 0.3) is 5.76 Å². The van der Waals surface area contributed by atoms with Gasteiger partial charge in [0.25, 0.3) is 5.91 Å². The standard InChI is InChI=1S/C25H29N3O9/c1-5-11(29)37-21-12-8(2)9-6-7-10(26)18(30)13(9)19(31)14(12)22(33)25(36)16(21)17(28(3)4)20(32)15(23(25)34)24(27)35/h6-8,12,16-17,21,30-31,34,36H,5,26H2,1-4H3,(H2,27,35)/t8-,12+,16+,17-,21-,25-/m1/s1. The van der Waals surface area contributed by atoms with Crippen molar-refractivity contribution in [1.82, 2.24) is 4.90 Å². The number of nitrogen functional groups attached to an aromatic ring is 1. The molecule has 0 saturated heterocycles. The van der Waals surface area contributed by atoms with Gasteiger partial charge in [-0.15, -0.1) is 0 Å². The van der Waals surface area contributed by atoms with Crippen LogP contribution in [0, 0.1) is 11.8 Å². The Hall–Kier alpha value is -3.90. The molecule has 198 valence electrons. The minimum absolute atomic E-state index is 0.0833. The molecule has 12 heteroatoms. The number of likely N-dealkylation sites (N-methyl/N-ethyl adjacent to an activating group) is 1. The van der Waals surface area contributed by atoms with Crippen LogP contribution < -0.4 is 11.5 Å². The Kier molecular flexibility index (Phi) is 6.08. The maximum atomic E-state index is 14.0. The Bertz CT molecular complexity index is 1310. The zero-order chi connectivity index (χ0) is 27.7. The van der Waals surface area contributed by atoms with Gasteiger partial charge in [-0.25, -0.2) is 0 Å². The quantitative estimate of drug-likeness (QED) is 0.136. The molecule has 0 aliphatic heterocycles. The van der Waals surface area contributed by atoms with Gasteiger partial charge in [0.05, 0.1) is 23.2 Å². The van der Waals surface area contributed by atoms with Crippen molar-refractivity contribution in [2.24, 2.45) is 17.6 Å². The lowest BCUT2D eigenvalue weighted by Crippen LogP contribution is -2.71. The Morgan fingerprint density at radius 1 is 1.16 bits per heavy atom. The van der Waals surface area contributed by atoms with Gasteiger partial charge in [0.2, 0.25) is 5.78 Å². The van der Waals surface area contributed by atoms with E-state index in [1.165, 1.54) is 32.0 Å². The molecule has 4 rings (SSSR count). The first kappa shape index (κ1) is 26.2. The lowest BCUT2D eigenvalue weighted by Gasteiger charge is -2.54. The van der Waals surface area contributed by atoms with Crippen LogP contribution in [0.3, 0.4) is 0 Å². The number of fused-ring (bicyclic) bond motifs is 3. The smallest absolute Gasteiger partial charge is 0.305 e. The van der Waals surface area contributed by atoms with Crippen LogP contribution in [0.5, 0.6) is 5.75 Å². The zero-order valence-corrected chi connectivity index (χ0v) is 20.7. The summed E-state index contributed by atoms with van der Waals surface area (Å²) < 4.78 is 5.74. The number of nitrogens with two attached hydrogens (primary N) is 2. The fourth-order valence-corrected chi connectivity index (χ4v) is 5.98.